The average molecular weight is 448 g/mol. The third kappa shape index (κ3) is 4.43. The first-order chi connectivity index (χ1) is 14.2. The van der Waals surface area contributed by atoms with Crippen molar-refractivity contribution in [2.24, 2.45) is 13.0 Å². The summed E-state index contributed by atoms with van der Waals surface area (Å²) in [4.78, 5) is 12.2. The predicted molar refractivity (Wildman–Crippen MR) is 117 cm³/mol. The Balaban J connectivity index is 1.60. The number of carbonyl (C=O) groups excluding carboxylic acids is 1. The molecule has 0 radical (unpaired) electrons. The summed E-state index contributed by atoms with van der Waals surface area (Å²) in [5.74, 6) is 0.383. The first-order valence-electron chi connectivity index (χ1n) is 9.53. The zero-order valence-corrected chi connectivity index (χ0v) is 18.2. The van der Waals surface area contributed by atoms with Crippen LogP contribution >= 0.6 is 11.6 Å². The van der Waals surface area contributed by atoms with Gasteiger partial charge < -0.3 is 4.57 Å². The van der Waals surface area contributed by atoms with Gasteiger partial charge in [0.1, 0.15) is 5.82 Å². The van der Waals surface area contributed by atoms with E-state index >= 15 is 0 Å². The van der Waals surface area contributed by atoms with Crippen LogP contribution in [0, 0.1) is 12.8 Å². The summed E-state index contributed by atoms with van der Waals surface area (Å²) in [5, 5.41) is 6.08. The highest BCUT2D eigenvalue weighted by molar-refractivity contribution is 7.88. The molecule has 158 valence electrons. The molecule has 1 aliphatic rings. The minimum absolute atomic E-state index is 0.349. The number of benzene rings is 1. The van der Waals surface area contributed by atoms with Gasteiger partial charge >= 0.3 is 10.2 Å². The van der Waals surface area contributed by atoms with E-state index in [4.69, 9.17) is 11.6 Å². The molecule has 2 N–H and O–H groups in total. The van der Waals surface area contributed by atoms with Crippen LogP contribution in [0.1, 0.15) is 24.1 Å². The van der Waals surface area contributed by atoms with Crippen LogP contribution < -0.4 is 9.44 Å². The third-order valence-corrected chi connectivity index (χ3v) is 6.27. The second-order valence-electron chi connectivity index (χ2n) is 7.43. The number of fused-ring (bicyclic) bond motifs is 1. The zero-order valence-electron chi connectivity index (χ0n) is 16.6. The number of aromatic nitrogens is 3. The lowest BCUT2D eigenvalue weighted by molar-refractivity contribution is -0.114. The Kier molecular flexibility index (Phi) is 5.44. The Labute approximate surface area is 179 Å². The average Bonchev–Trinajstić information content (AvgIpc) is 3.35. The van der Waals surface area contributed by atoms with E-state index in [0.29, 0.717) is 28.7 Å². The fraction of sp³-hybridized carbons (Fsp3) is 0.300. The number of amides is 1. The van der Waals surface area contributed by atoms with Crippen LogP contribution in [0.25, 0.3) is 22.8 Å². The molecule has 4 rings (SSSR count). The monoisotopic (exact) mass is 447 g/mol. The van der Waals surface area contributed by atoms with Gasteiger partial charge in [0.25, 0.3) is 5.91 Å². The second-order valence-corrected chi connectivity index (χ2v) is 9.37. The van der Waals surface area contributed by atoms with Crippen molar-refractivity contribution in [3.05, 3.63) is 52.8 Å². The van der Waals surface area contributed by atoms with E-state index in [0.717, 1.165) is 29.6 Å². The lowest BCUT2D eigenvalue weighted by Crippen LogP contribution is -2.40. The summed E-state index contributed by atoms with van der Waals surface area (Å²) in [7, 11) is -2.07. The van der Waals surface area contributed by atoms with Crippen molar-refractivity contribution in [3.8, 4) is 5.82 Å². The van der Waals surface area contributed by atoms with Crippen molar-refractivity contribution in [1.29, 1.82) is 0 Å². The fourth-order valence-electron chi connectivity index (χ4n) is 3.34. The number of rotatable bonds is 7. The summed E-state index contributed by atoms with van der Waals surface area (Å²) in [6.07, 6.45) is 6.70. The molecule has 2 aromatic heterocycles. The van der Waals surface area contributed by atoms with Gasteiger partial charge in [-0.1, -0.05) is 17.7 Å². The molecular formula is C20H22ClN5O3S. The molecule has 2 heterocycles. The molecule has 1 fully saturated rings. The highest BCUT2D eigenvalue weighted by atomic mass is 35.5. The molecule has 30 heavy (non-hydrogen) atoms. The third-order valence-electron chi connectivity index (χ3n) is 5.02. The maximum atomic E-state index is 12.2. The van der Waals surface area contributed by atoms with E-state index in [1.165, 1.54) is 6.08 Å². The van der Waals surface area contributed by atoms with E-state index in [9.17, 15) is 13.2 Å². The summed E-state index contributed by atoms with van der Waals surface area (Å²) >= 11 is 6.17. The van der Waals surface area contributed by atoms with Crippen LogP contribution in [-0.4, -0.2) is 35.2 Å². The van der Waals surface area contributed by atoms with Crippen LogP contribution in [0.5, 0.6) is 0 Å². The number of nitrogens with zero attached hydrogens (tertiary/aromatic N) is 3. The van der Waals surface area contributed by atoms with E-state index in [2.05, 4.69) is 9.82 Å². The molecule has 1 aliphatic carbocycles. The summed E-state index contributed by atoms with van der Waals surface area (Å²) in [5.41, 5.74) is 2.31. The van der Waals surface area contributed by atoms with Crippen LogP contribution in [0.4, 0.5) is 0 Å². The van der Waals surface area contributed by atoms with Gasteiger partial charge in [0.15, 0.2) is 0 Å². The van der Waals surface area contributed by atoms with Crippen molar-refractivity contribution in [3.63, 3.8) is 0 Å². The molecule has 0 atom stereocenters. The predicted octanol–water partition coefficient (Wildman–Crippen LogP) is 2.70. The Bertz CT molecular complexity index is 1250. The minimum atomic E-state index is -3.87. The van der Waals surface area contributed by atoms with Gasteiger partial charge in [-0.3, -0.25) is 9.48 Å². The van der Waals surface area contributed by atoms with E-state index in [1.54, 1.807) is 10.8 Å². The van der Waals surface area contributed by atoms with Crippen molar-refractivity contribution >= 4 is 44.7 Å². The second kappa shape index (κ2) is 7.90. The Morgan fingerprint density at radius 3 is 2.83 bits per heavy atom. The highest BCUT2D eigenvalue weighted by Crippen LogP contribution is 2.28. The quantitative estimate of drug-likeness (QED) is 0.544. The molecule has 0 saturated heterocycles. The van der Waals surface area contributed by atoms with E-state index in [-0.39, 0.29) is 0 Å². The smallest absolute Gasteiger partial charge is 0.301 e. The number of hydrogen-bond acceptors (Lipinski definition) is 4. The lowest BCUT2D eigenvalue weighted by atomic mass is 10.2. The molecule has 0 spiro atoms. The molecule has 8 nitrogen and oxygen atoms in total. The van der Waals surface area contributed by atoms with Crippen molar-refractivity contribution in [2.45, 2.75) is 19.8 Å². The van der Waals surface area contributed by atoms with Gasteiger partial charge in [-0.25, -0.2) is 4.72 Å². The Morgan fingerprint density at radius 1 is 1.33 bits per heavy atom. The molecule has 0 bridgehead atoms. The number of halogens is 1. The molecule has 1 amide bonds. The molecule has 1 saturated carbocycles. The maximum Gasteiger partial charge on any atom is 0.301 e. The first kappa shape index (κ1) is 20.6. The molecule has 0 unspecified atom stereocenters. The number of nitrogens with one attached hydrogen (secondary N) is 2. The van der Waals surface area contributed by atoms with Gasteiger partial charge in [0.2, 0.25) is 0 Å². The molecule has 3 aromatic rings. The number of hydrogen-bond donors (Lipinski definition) is 2. The molecule has 1 aromatic carbocycles. The summed E-state index contributed by atoms with van der Waals surface area (Å²) in [6, 6.07) is 7.58. The van der Waals surface area contributed by atoms with Crippen LogP contribution in [0.3, 0.4) is 0 Å². The Hall–Kier alpha value is -2.62. The SMILES string of the molecule is Cc1nn(C)c(-n2ccc3ccc(Cl)cc32)c1/C=C/C(=O)NS(=O)(=O)NCC1CC1. The molecule has 0 aliphatic heterocycles. The standard InChI is InChI=1S/C20H22ClN5O3S/c1-13-17(7-8-19(27)24-30(28,29)22-12-14-3-4-14)20(25(2)23-13)26-10-9-15-5-6-16(21)11-18(15)26/h5-11,14,22H,3-4,12H2,1-2H3,(H,24,27)/b8-7+. The topological polar surface area (TPSA) is 98.0 Å². The zero-order chi connectivity index (χ0) is 21.5. The summed E-state index contributed by atoms with van der Waals surface area (Å²) in [6.45, 7) is 2.18. The van der Waals surface area contributed by atoms with Gasteiger partial charge in [-0.2, -0.15) is 18.2 Å². The molecule has 10 heteroatoms. The summed E-state index contributed by atoms with van der Waals surface area (Å²) < 4.78 is 32.0. The van der Waals surface area contributed by atoms with Crippen molar-refractivity contribution in [1.82, 2.24) is 23.8 Å². The van der Waals surface area contributed by atoms with Gasteiger partial charge in [0.05, 0.1) is 11.2 Å². The van der Waals surface area contributed by atoms with Crippen LogP contribution in [0.15, 0.2) is 36.5 Å². The normalized spacial score (nSPS) is 14.6. The number of carbonyl (C=O) groups is 1. The van der Waals surface area contributed by atoms with Gasteiger partial charge in [-0.05, 0) is 50.0 Å². The van der Waals surface area contributed by atoms with Crippen molar-refractivity contribution < 1.29 is 13.2 Å². The van der Waals surface area contributed by atoms with Gasteiger partial charge in [0, 0.05) is 41.8 Å². The lowest BCUT2D eigenvalue weighted by Gasteiger charge is -2.08. The van der Waals surface area contributed by atoms with Gasteiger partial charge in [-0.15, -0.1) is 0 Å². The Morgan fingerprint density at radius 2 is 2.10 bits per heavy atom. The number of aryl methyl sites for hydroxylation is 2. The fourth-order valence-corrected chi connectivity index (χ4v) is 4.37. The van der Waals surface area contributed by atoms with Crippen molar-refractivity contribution in [2.75, 3.05) is 6.54 Å². The van der Waals surface area contributed by atoms with Crippen LogP contribution in [0.2, 0.25) is 5.02 Å². The van der Waals surface area contributed by atoms with Crippen LogP contribution in [-0.2, 0) is 22.1 Å². The first-order valence-corrected chi connectivity index (χ1v) is 11.4. The largest absolute Gasteiger partial charge is 0.301 e. The maximum absolute atomic E-state index is 12.2. The highest BCUT2D eigenvalue weighted by Gasteiger charge is 2.24. The van der Waals surface area contributed by atoms with E-state index in [1.807, 2.05) is 53.7 Å². The minimum Gasteiger partial charge on any atom is -0.301 e. The molecular weight excluding hydrogens is 426 g/mol. The van der Waals surface area contributed by atoms with E-state index < -0.39 is 16.1 Å².